The molecular weight excluding hydrogens is 300 g/mol. The summed E-state index contributed by atoms with van der Waals surface area (Å²) < 4.78 is 5.84. The molecule has 122 valence electrons. The van der Waals surface area contributed by atoms with Gasteiger partial charge in [-0.2, -0.15) is 0 Å². The van der Waals surface area contributed by atoms with Crippen LogP contribution in [0, 0.1) is 12.8 Å². The van der Waals surface area contributed by atoms with Crippen molar-refractivity contribution in [3.8, 4) is 0 Å². The lowest BCUT2D eigenvalue weighted by Crippen LogP contribution is -2.28. The lowest BCUT2D eigenvalue weighted by Gasteiger charge is -2.24. The standard InChI is InChI=1S/C20H20N2O2/c1-13-8-9-17-18(10-13)24-19(22-17)12-14-4-2-7-16(11-14)21-20(23)15-5-3-6-15/h2,4,7-11,15H,3,5-6,12H2,1H3,(H,21,23). The maximum Gasteiger partial charge on any atom is 0.227 e. The van der Waals surface area contributed by atoms with Gasteiger partial charge in [0.1, 0.15) is 5.52 Å². The Morgan fingerprint density at radius 2 is 2.12 bits per heavy atom. The van der Waals surface area contributed by atoms with Crippen molar-refractivity contribution in [2.24, 2.45) is 5.92 Å². The zero-order chi connectivity index (χ0) is 16.5. The van der Waals surface area contributed by atoms with Crippen LogP contribution in [-0.2, 0) is 11.2 Å². The second-order valence-corrected chi connectivity index (χ2v) is 6.57. The van der Waals surface area contributed by atoms with E-state index < -0.39 is 0 Å². The van der Waals surface area contributed by atoms with E-state index in [1.165, 1.54) is 0 Å². The normalized spacial score (nSPS) is 14.5. The topological polar surface area (TPSA) is 55.1 Å². The van der Waals surface area contributed by atoms with E-state index in [2.05, 4.69) is 10.3 Å². The first-order valence-corrected chi connectivity index (χ1v) is 8.43. The molecule has 1 aliphatic rings. The third-order valence-electron chi connectivity index (χ3n) is 4.61. The fourth-order valence-corrected chi connectivity index (χ4v) is 3.00. The van der Waals surface area contributed by atoms with E-state index in [-0.39, 0.29) is 11.8 Å². The van der Waals surface area contributed by atoms with Crippen LogP contribution < -0.4 is 5.32 Å². The van der Waals surface area contributed by atoms with Crippen molar-refractivity contribution in [1.29, 1.82) is 0 Å². The first kappa shape index (κ1) is 14.9. The van der Waals surface area contributed by atoms with Gasteiger partial charge in [-0.15, -0.1) is 0 Å². The number of aromatic nitrogens is 1. The number of oxazole rings is 1. The fraction of sp³-hybridized carbons (Fsp3) is 0.300. The van der Waals surface area contributed by atoms with Gasteiger partial charge in [0, 0.05) is 18.0 Å². The fourth-order valence-electron chi connectivity index (χ4n) is 3.00. The average Bonchev–Trinajstić information content (AvgIpc) is 2.86. The average molecular weight is 320 g/mol. The number of anilines is 1. The van der Waals surface area contributed by atoms with Crippen molar-refractivity contribution in [2.45, 2.75) is 32.6 Å². The highest BCUT2D eigenvalue weighted by molar-refractivity contribution is 5.93. The number of hydrogen-bond donors (Lipinski definition) is 1. The minimum absolute atomic E-state index is 0.135. The quantitative estimate of drug-likeness (QED) is 0.772. The summed E-state index contributed by atoms with van der Waals surface area (Å²) >= 11 is 0. The minimum atomic E-state index is 0.135. The van der Waals surface area contributed by atoms with E-state index in [1.54, 1.807) is 0 Å². The molecule has 1 fully saturated rings. The van der Waals surface area contributed by atoms with Crippen LogP contribution in [0.1, 0.15) is 36.3 Å². The molecule has 3 aromatic rings. The van der Waals surface area contributed by atoms with Crippen LogP contribution >= 0.6 is 0 Å². The lowest BCUT2D eigenvalue weighted by atomic mass is 9.85. The first-order valence-electron chi connectivity index (χ1n) is 8.43. The molecule has 1 aliphatic carbocycles. The van der Waals surface area contributed by atoms with Crippen molar-refractivity contribution in [2.75, 3.05) is 5.32 Å². The van der Waals surface area contributed by atoms with Crippen molar-refractivity contribution >= 4 is 22.7 Å². The molecule has 0 spiro atoms. The molecule has 1 aromatic heterocycles. The number of nitrogens with one attached hydrogen (secondary N) is 1. The van der Waals surface area contributed by atoms with Crippen LogP contribution in [0.4, 0.5) is 5.69 Å². The largest absolute Gasteiger partial charge is 0.440 e. The van der Waals surface area contributed by atoms with Crippen LogP contribution in [0.25, 0.3) is 11.1 Å². The summed E-state index contributed by atoms with van der Waals surface area (Å²) in [5.41, 5.74) is 4.77. The number of rotatable bonds is 4. The highest BCUT2D eigenvalue weighted by Gasteiger charge is 2.25. The molecule has 4 nitrogen and oxygen atoms in total. The van der Waals surface area contributed by atoms with E-state index in [1.807, 2.05) is 49.4 Å². The molecule has 0 radical (unpaired) electrons. The Labute approximate surface area is 140 Å². The van der Waals surface area contributed by atoms with E-state index in [0.29, 0.717) is 12.3 Å². The minimum Gasteiger partial charge on any atom is -0.440 e. The number of carbonyl (C=O) groups is 1. The van der Waals surface area contributed by atoms with Crippen molar-refractivity contribution in [1.82, 2.24) is 4.98 Å². The SMILES string of the molecule is Cc1ccc2nc(Cc3cccc(NC(=O)C4CCC4)c3)oc2c1. The smallest absolute Gasteiger partial charge is 0.227 e. The lowest BCUT2D eigenvalue weighted by molar-refractivity contribution is -0.122. The van der Waals surface area contributed by atoms with E-state index >= 15 is 0 Å². The molecule has 0 bridgehead atoms. The zero-order valence-electron chi connectivity index (χ0n) is 13.7. The molecule has 0 aliphatic heterocycles. The summed E-state index contributed by atoms with van der Waals surface area (Å²) in [5, 5.41) is 3.01. The third-order valence-corrected chi connectivity index (χ3v) is 4.61. The van der Waals surface area contributed by atoms with Gasteiger partial charge in [0.05, 0.1) is 0 Å². The molecule has 0 saturated heterocycles. The summed E-state index contributed by atoms with van der Waals surface area (Å²) in [4.78, 5) is 16.6. The first-order chi connectivity index (χ1) is 11.7. The van der Waals surface area contributed by atoms with Gasteiger partial charge >= 0.3 is 0 Å². The van der Waals surface area contributed by atoms with Gasteiger partial charge in [-0.25, -0.2) is 4.98 Å². The highest BCUT2D eigenvalue weighted by Crippen LogP contribution is 2.28. The zero-order valence-corrected chi connectivity index (χ0v) is 13.7. The van der Waals surface area contributed by atoms with Gasteiger partial charge < -0.3 is 9.73 Å². The summed E-state index contributed by atoms with van der Waals surface area (Å²) in [7, 11) is 0. The molecule has 1 amide bonds. The molecule has 4 rings (SSSR count). The molecule has 4 heteroatoms. The molecule has 24 heavy (non-hydrogen) atoms. The van der Waals surface area contributed by atoms with Gasteiger partial charge in [0.2, 0.25) is 5.91 Å². The molecule has 1 saturated carbocycles. The molecule has 1 N–H and O–H groups in total. The van der Waals surface area contributed by atoms with Crippen molar-refractivity contribution in [3.63, 3.8) is 0 Å². The Morgan fingerprint density at radius 3 is 2.92 bits per heavy atom. The van der Waals surface area contributed by atoms with E-state index in [0.717, 1.165) is 47.2 Å². The Balaban J connectivity index is 1.50. The van der Waals surface area contributed by atoms with Gasteiger partial charge in [-0.3, -0.25) is 4.79 Å². The number of fused-ring (bicyclic) bond motifs is 1. The van der Waals surface area contributed by atoms with Crippen LogP contribution in [0.3, 0.4) is 0 Å². The van der Waals surface area contributed by atoms with Crippen LogP contribution in [0.2, 0.25) is 0 Å². The molecule has 1 heterocycles. The number of amides is 1. The second kappa shape index (κ2) is 6.11. The number of hydrogen-bond acceptors (Lipinski definition) is 3. The van der Waals surface area contributed by atoms with E-state index in [4.69, 9.17) is 4.42 Å². The Hall–Kier alpha value is -2.62. The molecular formula is C20H20N2O2. The van der Waals surface area contributed by atoms with Gasteiger partial charge in [-0.1, -0.05) is 24.6 Å². The summed E-state index contributed by atoms with van der Waals surface area (Å²) in [6.45, 7) is 2.04. The summed E-state index contributed by atoms with van der Waals surface area (Å²) in [6.07, 6.45) is 3.79. The van der Waals surface area contributed by atoms with E-state index in [9.17, 15) is 4.79 Å². The van der Waals surface area contributed by atoms with Crippen molar-refractivity contribution < 1.29 is 9.21 Å². The number of carbonyl (C=O) groups excluding carboxylic acids is 1. The number of benzene rings is 2. The molecule has 2 aromatic carbocycles. The predicted octanol–water partition coefficient (Wildman–Crippen LogP) is 4.47. The van der Waals surface area contributed by atoms with Gasteiger partial charge in [-0.05, 0) is 55.2 Å². The number of aryl methyl sites for hydroxylation is 1. The molecule has 0 atom stereocenters. The highest BCUT2D eigenvalue weighted by atomic mass is 16.3. The second-order valence-electron chi connectivity index (χ2n) is 6.57. The summed E-state index contributed by atoms with van der Waals surface area (Å²) in [6, 6.07) is 13.9. The maximum absolute atomic E-state index is 12.1. The monoisotopic (exact) mass is 320 g/mol. The Kier molecular flexibility index (Phi) is 3.81. The van der Waals surface area contributed by atoms with Crippen LogP contribution in [0.15, 0.2) is 46.9 Å². The molecule has 0 unspecified atom stereocenters. The summed E-state index contributed by atoms with van der Waals surface area (Å²) in [5.74, 6) is 1.02. The van der Waals surface area contributed by atoms with Crippen LogP contribution in [-0.4, -0.2) is 10.9 Å². The van der Waals surface area contributed by atoms with Crippen LogP contribution in [0.5, 0.6) is 0 Å². The Morgan fingerprint density at radius 1 is 1.25 bits per heavy atom. The van der Waals surface area contributed by atoms with Gasteiger partial charge in [0.25, 0.3) is 0 Å². The third kappa shape index (κ3) is 3.04. The Bertz CT molecular complexity index is 894. The number of nitrogens with zero attached hydrogens (tertiary/aromatic N) is 1. The van der Waals surface area contributed by atoms with Gasteiger partial charge in [0.15, 0.2) is 11.5 Å². The predicted molar refractivity (Wildman–Crippen MR) is 94.0 cm³/mol. The van der Waals surface area contributed by atoms with Crippen molar-refractivity contribution in [3.05, 3.63) is 59.5 Å². The maximum atomic E-state index is 12.1.